The molecule has 3 N–H and O–H groups in total. The van der Waals surface area contributed by atoms with E-state index in [9.17, 15) is 19.2 Å². The third-order valence-corrected chi connectivity index (χ3v) is 10.1. The summed E-state index contributed by atoms with van der Waals surface area (Å²) in [5.74, 6) is -1.40. The molecule has 0 bridgehead atoms. The van der Waals surface area contributed by atoms with Gasteiger partial charge in [0, 0.05) is 21.0 Å². The lowest BCUT2D eigenvalue weighted by Gasteiger charge is -2.13. The Balaban J connectivity index is 1.27. The highest BCUT2D eigenvalue weighted by molar-refractivity contribution is 8.00. The molecule has 3 aromatic carbocycles. The summed E-state index contributed by atoms with van der Waals surface area (Å²) in [6.45, 7) is 3.98. The van der Waals surface area contributed by atoms with E-state index in [4.69, 9.17) is 4.74 Å². The van der Waals surface area contributed by atoms with Gasteiger partial charge in [0.25, 0.3) is 11.8 Å². The van der Waals surface area contributed by atoms with Crippen LogP contribution in [-0.2, 0) is 27.2 Å². The van der Waals surface area contributed by atoms with Crippen molar-refractivity contribution in [2.45, 2.75) is 57.3 Å². The molecule has 0 atom stereocenters. The number of ether oxygens (including phenoxy) is 1. The van der Waals surface area contributed by atoms with E-state index in [1.54, 1.807) is 55.5 Å². The summed E-state index contributed by atoms with van der Waals surface area (Å²) in [4.78, 5) is 54.5. The molecule has 10 heteroatoms. The Morgan fingerprint density at radius 1 is 0.875 bits per heavy atom. The molecule has 1 aliphatic rings. The predicted octanol–water partition coefficient (Wildman–Crippen LogP) is 8.03. The lowest BCUT2D eigenvalue weighted by Crippen LogP contribution is -2.30. The zero-order chi connectivity index (χ0) is 33.9. The van der Waals surface area contributed by atoms with E-state index in [1.165, 1.54) is 23.1 Å². The molecule has 0 spiro atoms. The third kappa shape index (κ3) is 9.23. The van der Waals surface area contributed by atoms with Gasteiger partial charge in [0.15, 0.2) is 0 Å². The molecule has 1 heterocycles. The molecule has 248 valence electrons. The van der Waals surface area contributed by atoms with Gasteiger partial charge in [0.2, 0.25) is 5.91 Å². The maximum atomic E-state index is 13.5. The normalized spacial score (nSPS) is 13.0. The summed E-state index contributed by atoms with van der Waals surface area (Å²) in [5, 5.41) is 9.20. The molecule has 4 aromatic rings. The van der Waals surface area contributed by atoms with Gasteiger partial charge in [0.1, 0.15) is 10.7 Å². The van der Waals surface area contributed by atoms with Crippen LogP contribution >= 0.6 is 23.1 Å². The van der Waals surface area contributed by atoms with Gasteiger partial charge in [-0.15, -0.1) is 23.1 Å². The summed E-state index contributed by atoms with van der Waals surface area (Å²) >= 11 is 2.80. The largest absolute Gasteiger partial charge is 0.462 e. The Bertz CT molecular complexity index is 1820. The van der Waals surface area contributed by atoms with Gasteiger partial charge >= 0.3 is 5.97 Å². The van der Waals surface area contributed by atoms with Crippen LogP contribution in [0.1, 0.15) is 74.9 Å². The molecular weight excluding hydrogens is 643 g/mol. The van der Waals surface area contributed by atoms with Crippen molar-refractivity contribution in [1.82, 2.24) is 5.32 Å². The van der Waals surface area contributed by atoms with Crippen molar-refractivity contribution in [2.24, 2.45) is 0 Å². The van der Waals surface area contributed by atoms with Crippen LogP contribution in [0.5, 0.6) is 0 Å². The van der Waals surface area contributed by atoms with Crippen LogP contribution in [0.25, 0.3) is 6.08 Å². The monoisotopic (exact) mass is 681 g/mol. The molecule has 3 amide bonds. The fourth-order valence-corrected chi connectivity index (χ4v) is 7.50. The fraction of sp³-hybridized carbons (Fsp3) is 0.263. The number of anilines is 2. The van der Waals surface area contributed by atoms with Gasteiger partial charge < -0.3 is 20.7 Å². The minimum Gasteiger partial charge on any atom is -0.462 e. The van der Waals surface area contributed by atoms with Crippen molar-refractivity contribution < 1.29 is 23.9 Å². The molecule has 0 aliphatic heterocycles. The fourth-order valence-electron chi connectivity index (χ4n) is 5.45. The number of thioether (sulfide) groups is 1. The Morgan fingerprint density at radius 3 is 2.40 bits per heavy atom. The lowest BCUT2D eigenvalue weighted by atomic mass is 9.96. The lowest BCUT2D eigenvalue weighted by molar-refractivity contribution is -0.114. The molecule has 48 heavy (non-hydrogen) atoms. The van der Waals surface area contributed by atoms with Crippen LogP contribution in [0.15, 0.2) is 89.5 Å². The molecule has 0 radical (unpaired) electrons. The molecule has 0 saturated heterocycles. The van der Waals surface area contributed by atoms with E-state index in [0.717, 1.165) is 65.0 Å². The second-order valence-corrected chi connectivity index (χ2v) is 13.6. The average Bonchev–Trinajstić information content (AvgIpc) is 3.40. The molecule has 1 aliphatic carbocycles. The smallest absolute Gasteiger partial charge is 0.341 e. The molecule has 5 rings (SSSR count). The highest BCUT2D eigenvalue weighted by Gasteiger charge is 2.26. The Morgan fingerprint density at radius 2 is 1.62 bits per heavy atom. The van der Waals surface area contributed by atoms with Gasteiger partial charge in [-0.2, -0.15) is 0 Å². The van der Waals surface area contributed by atoms with E-state index in [0.29, 0.717) is 21.8 Å². The van der Waals surface area contributed by atoms with Gasteiger partial charge in [-0.25, -0.2) is 4.79 Å². The molecular formula is C38H39N3O5S2. The first-order valence-electron chi connectivity index (χ1n) is 16.1. The number of benzene rings is 3. The summed E-state index contributed by atoms with van der Waals surface area (Å²) in [7, 11) is 0. The Hall–Kier alpha value is -4.67. The SMILES string of the molecule is CCOC(=O)c1c(NC(=O)CSc2cccc(NC(=O)/C(=C/c3ccccc3C)NC(=O)c3ccccc3)c2)sc2c1CCCCCC2. The molecule has 0 fully saturated rings. The number of hydrogen-bond acceptors (Lipinski definition) is 7. The molecule has 8 nitrogen and oxygen atoms in total. The van der Waals surface area contributed by atoms with Crippen LogP contribution in [0.3, 0.4) is 0 Å². The van der Waals surface area contributed by atoms with E-state index in [1.807, 2.05) is 43.3 Å². The summed E-state index contributed by atoms with van der Waals surface area (Å²) in [6, 6.07) is 23.5. The number of rotatable bonds is 11. The molecule has 0 saturated carbocycles. The Labute approximate surface area is 289 Å². The number of esters is 1. The van der Waals surface area contributed by atoms with Crippen LogP contribution in [0, 0.1) is 6.92 Å². The number of nitrogens with one attached hydrogen (secondary N) is 3. The number of carbonyl (C=O) groups is 4. The third-order valence-electron chi connectivity index (χ3n) is 7.88. The quantitative estimate of drug-likeness (QED) is 0.0839. The first-order valence-corrected chi connectivity index (χ1v) is 17.9. The van der Waals surface area contributed by atoms with E-state index < -0.39 is 17.8 Å². The van der Waals surface area contributed by atoms with Gasteiger partial charge in [-0.1, -0.05) is 61.4 Å². The number of fused-ring (bicyclic) bond motifs is 1. The van der Waals surface area contributed by atoms with Crippen molar-refractivity contribution >= 4 is 63.6 Å². The minimum atomic E-state index is -0.484. The maximum Gasteiger partial charge on any atom is 0.341 e. The Kier molecular flexibility index (Phi) is 12.2. The second kappa shape index (κ2) is 16.9. The predicted molar refractivity (Wildman–Crippen MR) is 194 cm³/mol. The number of aryl methyl sites for hydroxylation is 2. The first-order chi connectivity index (χ1) is 23.3. The van der Waals surface area contributed by atoms with Gasteiger partial charge in [0.05, 0.1) is 17.9 Å². The van der Waals surface area contributed by atoms with Crippen LogP contribution in [0.2, 0.25) is 0 Å². The van der Waals surface area contributed by atoms with Crippen molar-refractivity contribution in [3.63, 3.8) is 0 Å². The maximum absolute atomic E-state index is 13.5. The summed E-state index contributed by atoms with van der Waals surface area (Å²) in [6.07, 6.45) is 7.72. The summed E-state index contributed by atoms with van der Waals surface area (Å²) in [5.41, 5.74) is 4.30. The van der Waals surface area contributed by atoms with E-state index >= 15 is 0 Å². The second-order valence-electron chi connectivity index (χ2n) is 11.4. The van der Waals surface area contributed by atoms with E-state index in [2.05, 4.69) is 16.0 Å². The highest BCUT2D eigenvalue weighted by atomic mass is 32.2. The van der Waals surface area contributed by atoms with Crippen molar-refractivity contribution in [3.8, 4) is 0 Å². The zero-order valence-electron chi connectivity index (χ0n) is 27.1. The van der Waals surface area contributed by atoms with Crippen molar-refractivity contribution in [3.05, 3.63) is 117 Å². The van der Waals surface area contributed by atoms with Crippen LogP contribution in [-0.4, -0.2) is 36.1 Å². The number of carbonyl (C=O) groups excluding carboxylic acids is 4. The van der Waals surface area contributed by atoms with Crippen LogP contribution < -0.4 is 16.0 Å². The van der Waals surface area contributed by atoms with Crippen molar-refractivity contribution in [2.75, 3.05) is 23.0 Å². The zero-order valence-corrected chi connectivity index (χ0v) is 28.7. The van der Waals surface area contributed by atoms with Crippen LogP contribution in [0.4, 0.5) is 10.7 Å². The minimum absolute atomic E-state index is 0.0954. The van der Waals surface area contributed by atoms with E-state index in [-0.39, 0.29) is 24.0 Å². The number of amides is 3. The molecule has 0 unspecified atom stereocenters. The summed E-state index contributed by atoms with van der Waals surface area (Å²) < 4.78 is 5.37. The number of thiophene rings is 1. The first kappa shape index (κ1) is 34.7. The van der Waals surface area contributed by atoms with Crippen molar-refractivity contribution in [1.29, 1.82) is 0 Å². The topological polar surface area (TPSA) is 114 Å². The standard InChI is InChI=1S/C38H39N3O5S2/c1-3-46-38(45)34-30-20-9-4-5-10-21-32(30)48-37(34)41-33(42)24-47-29-19-13-18-28(23-29)39-36(44)31(22-27-17-12-11-14-25(27)2)40-35(43)26-15-7-6-8-16-26/h6-8,11-19,22-23H,3-5,9-10,20-21,24H2,1-2H3,(H,39,44)(H,40,43)(H,41,42)/b31-22-. The highest BCUT2D eigenvalue weighted by Crippen LogP contribution is 2.38. The number of hydrogen-bond donors (Lipinski definition) is 3. The van der Waals surface area contributed by atoms with Gasteiger partial charge in [-0.3, -0.25) is 14.4 Å². The molecule has 1 aromatic heterocycles. The van der Waals surface area contributed by atoms with Gasteiger partial charge in [-0.05, 0) is 92.6 Å². The average molecular weight is 682 g/mol.